The minimum atomic E-state index is -0.491. The maximum atomic E-state index is 13.2. The molecule has 1 aliphatic carbocycles. The number of aryl methyl sites for hydroxylation is 1. The van der Waals surface area contributed by atoms with Gasteiger partial charge in [-0.3, -0.25) is 4.79 Å². The molecule has 6 nitrogen and oxygen atoms in total. The lowest BCUT2D eigenvalue weighted by molar-refractivity contribution is -0.118. The van der Waals surface area contributed by atoms with Gasteiger partial charge in [0.2, 0.25) is 11.8 Å². The van der Waals surface area contributed by atoms with Gasteiger partial charge < -0.3 is 9.42 Å². The molecule has 4 rings (SSSR count). The second-order valence-electron chi connectivity index (χ2n) is 8.93. The Hall–Kier alpha value is -4.05. The van der Waals surface area contributed by atoms with Gasteiger partial charge in [-0.2, -0.15) is 10.2 Å². The van der Waals surface area contributed by atoms with E-state index in [1.165, 1.54) is 0 Å². The summed E-state index contributed by atoms with van der Waals surface area (Å²) in [5, 5.41) is 13.1. The van der Waals surface area contributed by atoms with Gasteiger partial charge in [0.1, 0.15) is 0 Å². The van der Waals surface area contributed by atoms with E-state index in [9.17, 15) is 9.18 Å². The molecular formula is C30H33FN4O2. The van der Waals surface area contributed by atoms with Gasteiger partial charge in [0.05, 0.1) is 17.5 Å². The number of nitriles is 1. The monoisotopic (exact) mass is 500 g/mol. The van der Waals surface area contributed by atoms with Crippen LogP contribution in [0.1, 0.15) is 68.1 Å². The standard InChI is InChI=1S/C28H29FN4O2.C2H4/c1-20(29)9-16-27(34)33(17-4-2-3-8-26-31-28(32-35-26)23-14-15-23)25-7-5-6-24(18-25)22-12-10-21(19-30)11-13-22;1-2/h5-7,10-13,18,23H,1-4,8-9,14-17H2;1-2H2. The van der Waals surface area contributed by atoms with E-state index < -0.39 is 5.83 Å². The third-order valence-electron chi connectivity index (χ3n) is 6.12. The molecule has 1 aromatic heterocycles. The Bertz CT molecular complexity index is 1220. The van der Waals surface area contributed by atoms with Crippen LogP contribution in [0.3, 0.4) is 0 Å². The third kappa shape index (κ3) is 8.25. The lowest BCUT2D eigenvalue weighted by Gasteiger charge is -2.23. The maximum absolute atomic E-state index is 13.2. The average Bonchev–Trinajstić information content (AvgIpc) is 3.68. The van der Waals surface area contributed by atoms with E-state index in [1.807, 2.05) is 36.4 Å². The van der Waals surface area contributed by atoms with E-state index in [0.29, 0.717) is 23.9 Å². The van der Waals surface area contributed by atoms with E-state index in [4.69, 9.17) is 9.78 Å². The van der Waals surface area contributed by atoms with Crippen LogP contribution >= 0.6 is 0 Å². The van der Waals surface area contributed by atoms with Gasteiger partial charge in [-0.15, -0.1) is 13.2 Å². The molecule has 0 atom stereocenters. The van der Waals surface area contributed by atoms with Crippen LogP contribution in [0.5, 0.6) is 0 Å². The van der Waals surface area contributed by atoms with Crippen LogP contribution in [0.2, 0.25) is 0 Å². The minimum Gasteiger partial charge on any atom is -0.339 e. The summed E-state index contributed by atoms with van der Waals surface area (Å²) in [6.45, 7) is 9.81. The molecular weight excluding hydrogens is 467 g/mol. The number of hydrogen-bond acceptors (Lipinski definition) is 5. The number of halogens is 1. The molecule has 0 radical (unpaired) electrons. The number of anilines is 1. The van der Waals surface area contributed by atoms with Crippen molar-refractivity contribution in [3.63, 3.8) is 0 Å². The lowest BCUT2D eigenvalue weighted by Crippen LogP contribution is -2.31. The molecule has 0 spiro atoms. The molecule has 1 amide bonds. The highest BCUT2D eigenvalue weighted by Crippen LogP contribution is 2.38. The van der Waals surface area contributed by atoms with Crippen LogP contribution in [-0.4, -0.2) is 22.6 Å². The summed E-state index contributed by atoms with van der Waals surface area (Å²) in [4.78, 5) is 19.2. The topological polar surface area (TPSA) is 83.0 Å². The SMILES string of the molecule is C=C.C=C(F)CCC(=O)N(CCCCCc1nc(C2CC2)no1)c1cccc(-c2ccc(C#N)cc2)c1. The number of nitrogens with zero attached hydrogens (tertiary/aromatic N) is 4. The zero-order valence-electron chi connectivity index (χ0n) is 21.2. The van der Waals surface area contributed by atoms with Crippen LogP contribution in [0, 0.1) is 11.3 Å². The summed E-state index contributed by atoms with van der Waals surface area (Å²) in [6.07, 6.45) is 5.69. The van der Waals surface area contributed by atoms with Crippen LogP contribution in [-0.2, 0) is 11.2 Å². The molecule has 1 aliphatic rings. The normalized spacial score (nSPS) is 12.2. The molecule has 1 heterocycles. The number of carbonyl (C=O) groups excluding carboxylic acids is 1. The van der Waals surface area contributed by atoms with Gasteiger partial charge >= 0.3 is 0 Å². The Balaban J connectivity index is 0.00000186. The highest BCUT2D eigenvalue weighted by molar-refractivity contribution is 5.94. The zero-order chi connectivity index (χ0) is 26.6. The van der Waals surface area contributed by atoms with Crippen molar-refractivity contribution in [2.24, 2.45) is 0 Å². The zero-order valence-corrected chi connectivity index (χ0v) is 21.2. The first-order valence-electron chi connectivity index (χ1n) is 12.6. The average molecular weight is 501 g/mol. The van der Waals surface area contributed by atoms with Crippen molar-refractivity contribution in [3.8, 4) is 17.2 Å². The fourth-order valence-electron chi connectivity index (χ4n) is 3.97. The maximum Gasteiger partial charge on any atom is 0.227 e. The van der Waals surface area contributed by atoms with Gasteiger partial charge in [0.25, 0.3) is 0 Å². The number of amides is 1. The fraction of sp³-hybridized carbons (Fsp3) is 0.333. The smallest absolute Gasteiger partial charge is 0.227 e. The Labute approximate surface area is 218 Å². The summed E-state index contributed by atoms with van der Waals surface area (Å²) >= 11 is 0. The Morgan fingerprint density at radius 1 is 1.08 bits per heavy atom. The van der Waals surface area contributed by atoms with Crippen molar-refractivity contribution in [3.05, 3.63) is 91.4 Å². The molecule has 0 N–H and O–H groups in total. The molecule has 0 bridgehead atoms. The van der Waals surface area contributed by atoms with Crippen molar-refractivity contribution in [2.75, 3.05) is 11.4 Å². The summed E-state index contributed by atoms with van der Waals surface area (Å²) < 4.78 is 18.6. The number of aromatic nitrogens is 2. The van der Waals surface area contributed by atoms with Gasteiger partial charge in [-0.1, -0.05) is 42.4 Å². The molecule has 1 fully saturated rings. The first kappa shape index (κ1) is 27.5. The summed E-state index contributed by atoms with van der Waals surface area (Å²) in [5.41, 5.74) is 3.27. The van der Waals surface area contributed by atoms with Crippen LogP contribution in [0.25, 0.3) is 11.1 Å². The predicted octanol–water partition coefficient (Wildman–Crippen LogP) is 7.30. The number of carbonyl (C=O) groups is 1. The number of rotatable bonds is 12. The molecule has 0 saturated heterocycles. The first-order chi connectivity index (χ1) is 18.0. The highest BCUT2D eigenvalue weighted by atomic mass is 19.1. The Morgan fingerprint density at radius 3 is 2.51 bits per heavy atom. The van der Waals surface area contributed by atoms with E-state index in [0.717, 1.165) is 61.2 Å². The van der Waals surface area contributed by atoms with Crippen molar-refractivity contribution >= 4 is 11.6 Å². The summed E-state index contributed by atoms with van der Waals surface area (Å²) in [6, 6.07) is 17.2. The van der Waals surface area contributed by atoms with Gasteiger partial charge in [0.15, 0.2) is 5.82 Å². The lowest BCUT2D eigenvalue weighted by atomic mass is 10.0. The summed E-state index contributed by atoms with van der Waals surface area (Å²) in [5.74, 6) is 1.36. The molecule has 7 heteroatoms. The molecule has 0 unspecified atom stereocenters. The predicted molar refractivity (Wildman–Crippen MR) is 144 cm³/mol. The van der Waals surface area contributed by atoms with E-state index in [-0.39, 0.29) is 18.7 Å². The molecule has 2 aromatic carbocycles. The van der Waals surface area contributed by atoms with Crippen molar-refractivity contribution in [1.29, 1.82) is 5.26 Å². The highest BCUT2D eigenvalue weighted by Gasteiger charge is 2.28. The molecule has 3 aromatic rings. The number of benzene rings is 2. The summed E-state index contributed by atoms with van der Waals surface area (Å²) in [7, 11) is 0. The molecule has 37 heavy (non-hydrogen) atoms. The molecule has 192 valence electrons. The van der Waals surface area contributed by atoms with E-state index in [2.05, 4.69) is 35.9 Å². The van der Waals surface area contributed by atoms with Crippen LogP contribution in [0.4, 0.5) is 10.1 Å². The largest absolute Gasteiger partial charge is 0.339 e. The van der Waals surface area contributed by atoms with E-state index in [1.54, 1.807) is 17.0 Å². The fourth-order valence-corrected chi connectivity index (χ4v) is 3.97. The van der Waals surface area contributed by atoms with Gasteiger partial charge in [-0.05, 0) is 61.1 Å². The number of allylic oxidation sites excluding steroid dienone is 1. The van der Waals surface area contributed by atoms with Crippen molar-refractivity contribution < 1.29 is 13.7 Å². The Kier molecular flexibility index (Phi) is 10.3. The molecule has 1 saturated carbocycles. The van der Waals surface area contributed by atoms with E-state index >= 15 is 0 Å². The first-order valence-corrected chi connectivity index (χ1v) is 12.6. The second kappa shape index (κ2) is 13.9. The quantitative estimate of drug-likeness (QED) is 0.192. The number of unbranched alkanes of at least 4 members (excludes halogenated alkanes) is 2. The van der Waals surface area contributed by atoms with Crippen molar-refractivity contribution in [1.82, 2.24) is 10.1 Å². The second-order valence-corrected chi connectivity index (χ2v) is 8.93. The third-order valence-corrected chi connectivity index (χ3v) is 6.12. The van der Waals surface area contributed by atoms with Crippen LogP contribution < -0.4 is 4.90 Å². The van der Waals surface area contributed by atoms with Gasteiger partial charge in [0, 0.05) is 37.4 Å². The number of hydrogen-bond donors (Lipinski definition) is 0. The van der Waals surface area contributed by atoms with Crippen LogP contribution in [0.15, 0.2) is 78.6 Å². The molecule has 0 aliphatic heterocycles. The Morgan fingerprint density at radius 2 is 1.84 bits per heavy atom. The minimum absolute atomic E-state index is 0.0190. The van der Waals surface area contributed by atoms with Crippen molar-refractivity contribution in [2.45, 2.75) is 57.3 Å². The van der Waals surface area contributed by atoms with Gasteiger partial charge in [-0.25, -0.2) is 4.39 Å².